The monoisotopic (exact) mass is 363 g/mol. The summed E-state index contributed by atoms with van der Waals surface area (Å²) in [6, 6.07) is 5.40. The van der Waals surface area contributed by atoms with Gasteiger partial charge in [-0.3, -0.25) is 4.79 Å². The molecule has 2 N–H and O–H groups in total. The molecule has 0 bridgehead atoms. The van der Waals surface area contributed by atoms with Gasteiger partial charge in [0.1, 0.15) is 11.3 Å². The SMILES string of the molecule is Cc1ccc(C2=C(O)C3(COC4(CCCCC4)OC3)NC2=O)c(Cl)c1. The van der Waals surface area contributed by atoms with E-state index in [1.165, 1.54) is 6.42 Å². The summed E-state index contributed by atoms with van der Waals surface area (Å²) < 4.78 is 12.1. The maximum Gasteiger partial charge on any atom is 0.256 e. The molecule has 2 aliphatic heterocycles. The Morgan fingerprint density at radius 1 is 1.16 bits per heavy atom. The molecule has 1 aromatic carbocycles. The molecule has 3 aliphatic rings. The predicted molar refractivity (Wildman–Crippen MR) is 94.3 cm³/mol. The Balaban J connectivity index is 1.64. The van der Waals surface area contributed by atoms with E-state index >= 15 is 0 Å². The summed E-state index contributed by atoms with van der Waals surface area (Å²) in [6.45, 7) is 2.33. The number of aliphatic hydroxyl groups is 1. The minimum atomic E-state index is -1.02. The van der Waals surface area contributed by atoms with Crippen LogP contribution in [0.4, 0.5) is 0 Å². The summed E-state index contributed by atoms with van der Waals surface area (Å²) in [5.41, 5.74) is 0.697. The quantitative estimate of drug-likeness (QED) is 0.801. The first-order valence-electron chi connectivity index (χ1n) is 8.75. The van der Waals surface area contributed by atoms with Crippen LogP contribution in [0.25, 0.3) is 5.57 Å². The Morgan fingerprint density at radius 3 is 2.48 bits per heavy atom. The van der Waals surface area contributed by atoms with E-state index in [0.29, 0.717) is 10.6 Å². The smallest absolute Gasteiger partial charge is 0.256 e. The van der Waals surface area contributed by atoms with E-state index in [4.69, 9.17) is 21.1 Å². The van der Waals surface area contributed by atoms with Gasteiger partial charge in [-0.15, -0.1) is 0 Å². The fourth-order valence-corrected chi connectivity index (χ4v) is 4.27. The van der Waals surface area contributed by atoms with Crippen LogP contribution in [0.1, 0.15) is 43.2 Å². The number of hydrogen-bond donors (Lipinski definition) is 2. The number of rotatable bonds is 1. The van der Waals surface area contributed by atoms with E-state index in [-0.39, 0.29) is 30.5 Å². The number of aliphatic hydroxyl groups excluding tert-OH is 1. The van der Waals surface area contributed by atoms with Crippen LogP contribution in [0.2, 0.25) is 5.02 Å². The van der Waals surface area contributed by atoms with E-state index < -0.39 is 11.3 Å². The highest BCUT2D eigenvalue weighted by molar-refractivity contribution is 6.35. The number of carbonyl (C=O) groups is 1. The Morgan fingerprint density at radius 2 is 1.84 bits per heavy atom. The van der Waals surface area contributed by atoms with Crippen molar-refractivity contribution in [1.29, 1.82) is 0 Å². The number of ether oxygens (including phenoxy) is 2. The van der Waals surface area contributed by atoms with E-state index in [0.717, 1.165) is 31.2 Å². The van der Waals surface area contributed by atoms with Gasteiger partial charge in [-0.1, -0.05) is 30.2 Å². The largest absolute Gasteiger partial charge is 0.509 e. The van der Waals surface area contributed by atoms with Gasteiger partial charge >= 0.3 is 0 Å². The van der Waals surface area contributed by atoms with Crippen molar-refractivity contribution in [2.45, 2.75) is 50.4 Å². The molecule has 1 aromatic rings. The number of carbonyl (C=O) groups excluding carboxylic acids is 1. The van der Waals surface area contributed by atoms with Gasteiger partial charge in [0, 0.05) is 23.4 Å². The average Bonchev–Trinajstić information content (AvgIpc) is 2.83. The van der Waals surface area contributed by atoms with Crippen LogP contribution in [0.5, 0.6) is 0 Å². The Bertz CT molecular complexity index is 742. The lowest BCUT2D eigenvalue weighted by molar-refractivity contribution is -0.299. The third-order valence-corrected chi connectivity index (χ3v) is 5.76. The minimum Gasteiger partial charge on any atom is -0.509 e. The molecular weight excluding hydrogens is 342 g/mol. The van der Waals surface area contributed by atoms with E-state index in [2.05, 4.69) is 5.32 Å². The fourth-order valence-electron chi connectivity index (χ4n) is 3.94. The Kier molecular flexibility index (Phi) is 4.06. The first kappa shape index (κ1) is 16.9. The number of aryl methyl sites for hydroxylation is 1. The molecule has 25 heavy (non-hydrogen) atoms. The highest BCUT2D eigenvalue weighted by Crippen LogP contribution is 2.42. The van der Waals surface area contributed by atoms with E-state index in [1.807, 2.05) is 13.0 Å². The molecule has 1 saturated heterocycles. The maximum atomic E-state index is 12.6. The van der Waals surface area contributed by atoms with Crippen molar-refractivity contribution >= 4 is 23.1 Å². The summed E-state index contributed by atoms with van der Waals surface area (Å²) >= 11 is 6.30. The maximum absolute atomic E-state index is 12.6. The van der Waals surface area contributed by atoms with Crippen molar-refractivity contribution in [3.63, 3.8) is 0 Å². The molecule has 134 valence electrons. The molecule has 2 heterocycles. The van der Waals surface area contributed by atoms with Gasteiger partial charge in [-0.25, -0.2) is 0 Å². The zero-order valence-corrected chi connectivity index (χ0v) is 15.0. The molecule has 2 fully saturated rings. The van der Waals surface area contributed by atoms with Gasteiger partial charge in [0.25, 0.3) is 5.91 Å². The summed E-state index contributed by atoms with van der Waals surface area (Å²) in [5, 5.41) is 14.1. The fraction of sp³-hybridized carbons (Fsp3) is 0.526. The van der Waals surface area contributed by atoms with Crippen LogP contribution in [0.15, 0.2) is 24.0 Å². The molecule has 0 atom stereocenters. The van der Waals surface area contributed by atoms with E-state index in [9.17, 15) is 9.90 Å². The van der Waals surface area contributed by atoms with Gasteiger partial charge < -0.3 is 19.9 Å². The third kappa shape index (κ3) is 2.75. The zero-order valence-electron chi connectivity index (χ0n) is 14.2. The Labute approximate surface area is 152 Å². The van der Waals surface area contributed by atoms with Gasteiger partial charge in [0.05, 0.1) is 18.8 Å². The van der Waals surface area contributed by atoms with Crippen LogP contribution in [0.3, 0.4) is 0 Å². The third-order valence-electron chi connectivity index (χ3n) is 5.44. The summed E-state index contributed by atoms with van der Waals surface area (Å²) in [7, 11) is 0. The normalized spacial score (nSPS) is 24.8. The highest BCUT2D eigenvalue weighted by atomic mass is 35.5. The van der Waals surface area contributed by atoms with Crippen molar-refractivity contribution in [3.05, 3.63) is 40.1 Å². The summed E-state index contributed by atoms with van der Waals surface area (Å²) in [4.78, 5) is 12.6. The molecule has 2 spiro atoms. The number of hydrogen-bond acceptors (Lipinski definition) is 4. The summed E-state index contributed by atoms with van der Waals surface area (Å²) in [6.07, 6.45) is 5.06. The van der Waals surface area contributed by atoms with Crippen LogP contribution < -0.4 is 5.32 Å². The van der Waals surface area contributed by atoms with Crippen molar-refractivity contribution in [3.8, 4) is 0 Å². The van der Waals surface area contributed by atoms with Crippen LogP contribution in [-0.4, -0.2) is 35.6 Å². The molecule has 4 rings (SSSR count). The second kappa shape index (κ2) is 6.01. The zero-order chi connectivity index (χ0) is 17.7. The summed E-state index contributed by atoms with van der Waals surface area (Å²) in [5.74, 6) is -0.956. The average molecular weight is 364 g/mol. The van der Waals surface area contributed by atoms with Crippen molar-refractivity contribution < 1.29 is 19.4 Å². The molecule has 0 aromatic heterocycles. The van der Waals surface area contributed by atoms with Crippen LogP contribution >= 0.6 is 11.6 Å². The van der Waals surface area contributed by atoms with Gasteiger partial charge in [0.2, 0.25) is 0 Å². The molecule has 0 radical (unpaired) electrons. The first-order chi connectivity index (χ1) is 11.9. The van der Waals surface area contributed by atoms with Crippen molar-refractivity contribution in [2.24, 2.45) is 0 Å². The number of nitrogens with one attached hydrogen (secondary N) is 1. The van der Waals surface area contributed by atoms with Crippen molar-refractivity contribution in [2.75, 3.05) is 13.2 Å². The second-order valence-electron chi connectivity index (χ2n) is 7.29. The van der Waals surface area contributed by atoms with Crippen molar-refractivity contribution in [1.82, 2.24) is 5.32 Å². The lowest BCUT2D eigenvalue weighted by Gasteiger charge is -2.46. The molecule has 5 nitrogen and oxygen atoms in total. The molecule has 1 saturated carbocycles. The van der Waals surface area contributed by atoms with Crippen LogP contribution in [-0.2, 0) is 14.3 Å². The predicted octanol–water partition coefficient (Wildman–Crippen LogP) is 3.49. The lowest BCUT2D eigenvalue weighted by atomic mass is 9.90. The molecule has 0 unspecified atom stereocenters. The van der Waals surface area contributed by atoms with Gasteiger partial charge in [-0.05, 0) is 31.4 Å². The first-order valence-corrected chi connectivity index (χ1v) is 9.13. The van der Waals surface area contributed by atoms with Crippen LogP contribution in [0, 0.1) is 6.92 Å². The lowest BCUT2D eigenvalue weighted by Crippen LogP contribution is -2.60. The second-order valence-corrected chi connectivity index (χ2v) is 7.70. The van der Waals surface area contributed by atoms with Gasteiger partial charge in [0.15, 0.2) is 5.79 Å². The Hall–Kier alpha value is -1.56. The number of halogens is 1. The number of benzene rings is 1. The minimum absolute atomic E-state index is 0.0473. The standard InChI is InChI=1S/C19H22ClNO4/c1-12-5-6-13(14(20)9-12)15-16(22)18(21-17(15)23)10-24-19(25-11-18)7-3-2-4-8-19/h5-6,9,22H,2-4,7-8,10-11H2,1H3,(H,21,23). The van der Waals surface area contributed by atoms with Gasteiger partial charge in [-0.2, -0.15) is 0 Å². The molecular formula is C19H22ClNO4. The molecule has 1 amide bonds. The topological polar surface area (TPSA) is 67.8 Å². The molecule has 6 heteroatoms. The van der Waals surface area contributed by atoms with E-state index in [1.54, 1.807) is 12.1 Å². The molecule has 1 aliphatic carbocycles. The highest BCUT2D eigenvalue weighted by Gasteiger charge is 2.53. The number of amides is 1.